The van der Waals surface area contributed by atoms with Gasteiger partial charge in [-0.25, -0.2) is 0 Å². The van der Waals surface area contributed by atoms with Crippen LogP contribution in [0.15, 0.2) is 48.5 Å². The highest BCUT2D eigenvalue weighted by atomic mass is 35.5. The van der Waals surface area contributed by atoms with Crippen LogP contribution in [0.1, 0.15) is 28.9 Å². The molecule has 0 bridgehead atoms. The summed E-state index contributed by atoms with van der Waals surface area (Å²) in [6.07, 6.45) is 0.848. The van der Waals surface area contributed by atoms with Crippen molar-refractivity contribution in [2.24, 2.45) is 0 Å². The lowest BCUT2D eigenvalue weighted by Gasteiger charge is -2.28. The zero-order valence-corrected chi connectivity index (χ0v) is 11.8. The van der Waals surface area contributed by atoms with Crippen molar-refractivity contribution < 1.29 is 4.79 Å². The summed E-state index contributed by atoms with van der Waals surface area (Å²) < 4.78 is 0. The third-order valence-corrected chi connectivity index (χ3v) is 3.72. The van der Waals surface area contributed by atoms with Crippen LogP contribution in [0.3, 0.4) is 0 Å². The van der Waals surface area contributed by atoms with Gasteiger partial charge in [0.2, 0.25) is 0 Å². The average Bonchev–Trinajstić information content (AvgIpc) is 2.46. The predicted octanol–water partition coefficient (Wildman–Crippen LogP) is 4.35. The first kappa shape index (κ1) is 13.6. The molecule has 0 spiro atoms. The quantitative estimate of drug-likeness (QED) is 0.772. The molecule has 0 aromatic heterocycles. The fourth-order valence-electron chi connectivity index (χ4n) is 2.03. The first-order valence-electron chi connectivity index (χ1n) is 6.16. The molecule has 19 heavy (non-hydrogen) atoms. The summed E-state index contributed by atoms with van der Waals surface area (Å²) in [4.78, 5) is 12.8. The molecule has 1 atom stereocenters. The Kier molecular flexibility index (Phi) is 4.23. The highest BCUT2D eigenvalue weighted by Crippen LogP contribution is 2.29. The molecule has 2 aromatic rings. The number of hydrogen-bond acceptors (Lipinski definition) is 2. The fraction of sp³-hybridized carbons (Fsp3) is 0.188. The summed E-state index contributed by atoms with van der Waals surface area (Å²) in [6.45, 7) is 2.11. The molecule has 2 rings (SSSR count). The Morgan fingerprint density at radius 2 is 1.74 bits per heavy atom. The monoisotopic (exact) mass is 273 g/mol. The van der Waals surface area contributed by atoms with Crippen molar-refractivity contribution in [3.05, 3.63) is 64.7 Å². The van der Waals surface area contributed by atoms with Crippen LogP contribution in [0.2, 0.25) is 5.02 Å². The Morgan fingerprint density at radius 1 is 1.11 bits per heavy atom. The number of aldehydes is 1. The van der Waals surface area contributed by atoms with Crippen molar-refractivity contribution in [1.29, 1.82) is 0 Å². The molecule has 2 aromatic carbocycles. The van der Waals surface area contributed by atoms with E-state index in [0.29, 0.717) is 5.56 Å². The van der Waals surface area contributed by atoms with Gasteiger partial charge in [-0.2, -0.15) is 0 Å². The summed E-state index contributed by atoms with van der Waals surface area (Å²) in [5, 5.41) is 0.770. The van der Waals surface area contributed by atoms with E-state index in [9.17, 15) is 4.79 Å². The normalized spacial score (nSPS) is 11.9. The standard InChI is InChI=1S/C16H16ClNO/c1-12(15-5-3-4-6-16(15)17)18(2)14-9-7-13(11-19)8-10-14/h3-12H,1-2H3. The van der Waals surface area contributed by atoms with Crippen LogP contribution in [0.5, 0.6) is 0 Å². The van der Waals surface area contributed by atoms with Gasteiger partial charge in [-0.1, -0.05) is 29.8 Å². The average molecular weight is 274 g/mol. The van der Waals surface area contributed by atoms with E-state index < -0.39 is 0 Å². The van der Waals surface area contributed by atoms with E-state index in [2.05, 4.69) is 11.8 Å². The van der Waals surface area contributed by atoms with Crippen LogP contribution < -0.4 is 4.90 Å². The van der Waals surface area contributed by atoms with Gasteiger partial charge in [-0.05, 0) is 42.8 Å². The maximum atomic E-state index is 10.7. The van der Waals surface area contributed by atoms with Crippen LogP contribution in [-0.4, -0.2) is 13.3 Å². The molecule has 98 valence electrons. The number of benzene rings is 2. The molecule has 0 aliphatic rings. The molecule has 0 saturated carbocycles. The first-order valence-corrected chi connectivity index (χ1v) is 6.54. The van der Waals surface area contributed by atoms with E-state index in [4.69, 9.17) is 11.6 Å². The van der Waals surface area contributed by atoms with Gasteiger partial charge in [0, 0.05) is 23.3 Å². The molecular formula is C16H16ClNO. The Labute approximate surface area is 118 Å². The topological polar surface area (TPSA) is 20.3 Å². The van der Waals surface area contributed by atoms with Gasteiger partial charge in [-0.3, -0.25) is 4.79 Å². The molecule has 3 heteroatoms. The van der Waals surface area contributed by atoms with Gasteiger partial charge in [0.15, 0.2) is 0 Å². The Balaban J connectivity index is 2.25. The summed E-state index contributed by atoms with van der Waals surface area (Å²) in [7, 11) is 2.02. The van der Waals surface area contributed by atoms with Crippen LogP contribution in [0, 0.1) is 0 Å². The van der Waals surface area contributed by atoms with Gasteiger partial charge in [0.1, 0.15) is 6.29 Å². The number of rotatable bonds is 4. The van der Waals surface area contributed by atoms with Crippen molar-refractivity contribution in [3.8, 4) is 0 Å². The van der Waals surface area contributed by atoms with Crippen molar-refractivity contribution >= 4 is 23.6 Å². The van der Waals surface area contributed by atoms with Crippen molar-refractivity contribution in [2.75, 3.05) is 11.9 Å². The molecular weight excluding hydrogens is 258 g/mol. The van der Waals surface area contributed by atoms with Crippen LogP contribution in [0.25, 0.3) is 0 Å². The van der Waals surface area contributed by atoms with Crippen molar-refractivity contribution in [3.63, 3.8) is 0 Å². The third kappa shape index (κ3) is 2.96. The number of anilines is 1. The fourth-order valence-corrected chi connectivity index (χ4v) is 2.33. The number of hydrogen-bond donors (Lipinski definition) is 0. The number of carbonyl (C=O) groups excluding carboxylic acids is 1. The molecule has 2 nitrogen and oxygen atoms in total. The molecule has 0 heterocycles. The molecule has 0 aliphatic heterocycles. The Bertz CT molecular complexity index is 565. The minimum absolute atomic E-state index is 0.163. The summed E-state index contributed by atoms with van der Waals surface area (Å²) in [5.74, 6) is 0. The summed E-state index contributed by atoms with van der Waals surface area (Å²) in [5.41, 5.74) is 2.83. The van der Waals surface area contributed by atoms with Gasteiger partial charge < -0.3 is 4.90 Å². The van der Waals surface area contributed by atoms with Gasteiger partial charge in [0.25, 0.3) is 0 Å². The minimum atomic E-state index is 0.163. The lowest BCUT2D eigenvalue weighted by Crippen LogP contribution is -2.21. The second-order valence-electron chi connectivity index (χ2n) is 4.52. The van der Waals surface area contributed by atoms with E-state index in [1.165, 1.54) is 0 Å². The molecule has 0 radical (unpaired) electrons. The van der Waals surface area contributed by atoms with E-state index >= 15 is 0 Å². The zero-order chi connectivity index (χ0) is 13.8. The summed E-state index contributed by atoms with van der Waals surface area (Å²) >= 11 is 6.23. The van der Waals surface area contributed by atoms with Crippen LogP contribution >= 0.6 is 11.6 Å². The van der Waals surface area contributed by atoms with Crippen molar-refractivity contribution in [1.82, 2.24) is 0 Å². The number of carbonyl (C=O) groups is 1. The maximum Gasteiger partial charge on any atom is 0.150 e. The smallest absolute Gasteiger partial charge is 0.150 e. The van der Waals surface area contributed by atoms with Gasteiger partial charge in [-0.15, -0.1) is 0 Å². The zero-order valence-electron chi connectivity index (χ0n) is 11.0. The Morgan fingerprint density at radius 3 is 2.32 bits per heavy atom. The second kappa shape index (κ2) is 5.89. The lowest BCUT2D eigenvalue weighted by atomic mass is 10.1. The van der Waals surface area contributed by atoms with E-state index in [1.54, 1.807) is 0 Å². The molecule has 1 unspecified atom stereocenters. The molecule has 0 fully saturated rings. The van der Waals surface area contributed by atoms with Crippen LogP contribution in [-0.2, 0) is 0 Å². The van der Waals surface area contributed by atoms with E-state index in [0.717, 1.165) is 22.6 Å². The number of halogens is 1. The highest BCUT2D eigenvalue weighted by Gasteiger charge is 2.14. The first-order chi connectivity index (χ1) is 9.13. The highest BCUT2D eigenvalue weighted by molar-refractivity contribution is 6.31. The molecule has 0 aliphatic carbocycles. The van der Waals surface area contributed by atoms with Crippen molar-refractivity contribution in [2.45, 2.75) is 13.0 Å². The lowest BCUT2D eigenvalue weighted by molar-refractivity contribution is 0.112. The Hall–Kier alpha value is -1.80. The van der Waals surface area contributed by atoms with E-state index in [-0.39, 0.29) is 6.04 Å². The largest absolute Gasteiger partial charge is 0.368 e. The van der Waals surface area contributed by atoms with Crippen LogP contribution in [0.4, 0.5) is 5.69 Å². The SMILES string of the molecule is CC(c1ccccc1Cl)N(C)c1ccc(C=O)cc1. The predicted molar refractivity (Wildman–Crippen MR) is 80.1 cm³/mol. The third-order valence-electron chi connectivity index (χ3n) is 3.37. The molecule has 0 N–H and O–H groups in total. The van der Waals surface area contributed by atoms with Gasteiger partial charge in [0.05, 0.1) is 6.04 Å². The molecule has 0 amide bonds. The molecule has 0 saturated heterocycles. The summed E-state index contributed by atoms with van der Waals surface area (Å²) in [6, 6.07) is 15.5. The van der Waals surface area contributed by atoms with E-state index in [1.807, 2.05) is 55.6 Å². The number of nitrogens with zero attached hydrogens (tertiary/aromatic N) is 1. The second-order valence-corrected chi connectivity index (χ2v) is 4.92. The minimum Gasteiger partial charge on any atom is -0.368 e. The maximum absolute atomic E-state index is 10.7. The van der Waals surface area contributed by atoms with Gasteiger partial charge >= 0.3 is 0 Å².